The van der Waals surface area contributed by atoms with Crippen molar-refractivity contribution in [3.63, 3.8) is 0 Å². The standard InChI is InChI=1S/C19H25N5O2/c25-18(23-9-10-24-17(13-23)20-15-21-24)11-19(26)7-4-8-22(14-19)12-16-5-2-1-3-6-16/h1-3,5-6,15,26H,4,7-14H2. The third kappa shape index (κ3) is 3.78. The third-order valence-electron chi connectivity index (χ3n) is 5.33. The Labute approximate surface area is 153 Å². The molecule has 1 aromatic carbocycles. The van der Waals surface area contributed by atoms with E-state index < -0.39 is 5.60 Å². The zero-order chi connectivity index (χ0) is 18.0. The average Bonchev–Trinajstić information content (AvgIpc) is 3.10. The number of hydrogen-bond donors (Lipinski definition) is 1. The van der Waals surface area contributed by atoms with E-state index in [9.17, 15) is 9.90 Å². The zero-order valence-corrected chi connectivity index (χ0v) is 14.9. The van der Waals surface area contributed by atoms with Crippen molar-refractivity contribution >= 4 is 5.91 Å². The summed E-state index contributed by atoms with van der Waals surface area (Å²) in [7, 11) is 0. The van der Waals surface area contributed by atoms with Gasteiger partial charge in [-0.1, -0.05) is 30.3 Å². The predicted molar refractivity (Wildman–Crippen MR) is 96.0 cm³/mol. The Balaban J connectivity index is 1.36. The van der Waals surface area contributed by atoms with Crippen molar-refractivity contribution in [3.05, 3.63) is 48.0 Å². The molecule has 7 nitrogen and oxygen atoms in total. The average molecular weight is 355 g/mol. The summed E-state index contributed by atoms with van der Waals surface area (Å²) >= 11 is 0. The molecule has 3 heterocycles. The van der Waals surface area contributed by atoms with Crippen LogP contribution in [0.15, 0.2) is 36.7 Å². The summed E-state index contributed by atoms with van der Waals surface area (Å²) in [5.74, 6) is 0.814. The number of amides is 1. The lowest BCUT2D eigenvalue weighted by atomic mass is 9.88. The molecule has 4 rings (SSSR count). The quantitative estimate of drug-likeness (QED) is 0.887. The highest BCUT2D eigenvalue weighted by atomic mass is 16.3. The van der Waals surface area contributed by atoms with E-state index in [1.807, 2.05) is 22.9 Å². The molecule has 0 bridgehead atoms. The molecule has 1 N–H and O–H groups in total. The molecule has 2 aliphatic heterocycles. The van der Waals surface area contributed by atoms with E-state index in [-0.39, 0.29) is 12.3 Å². The Morgan fingerprint density at radius 3 is 2.88 bits per heavy atom. The molecule has 0 radical (unpaired) electrons. The maximum Gasteiger partial charge on any atom is 0.225 e. The van der Waals surface area contributed by atoms with Gasteiger partial charge in [0.05, 0.1) is 25.1 Å². The summed E-state index contributed by atoms with van der Waals surface area (Å²) in [5.41, 5.74) is 0.285. The maximum atomic E-state index is 12.8. The number of β-amino-alcohol motifs (C(OH)–C–C–N with tert-alkyl or cyclic N) is 1. The van der Waals surface area contributed by atoms with Gasteiger partial charge in [0.2, 0.25) is 5.91 Å². The molecule has 1 unspecified atom stereocenters. The minimum atomic E-state index is -0.949. The molecule has 138 valence electrons. The summed E-state index contributed by atoms with van der Waals surface area (Å²) in [4.78, 5) is 21.0. The smallest absolute Gasteiger partial charge is 0.225 e. The van der Waals surface area contributed by atoms with Crippen molar-refractivity contribution in [1.29, 1.82) is 0 Å². The Morgan fingerprint density at radius 2 is 2.04 bits per heavy atom. The molecular formula is C19H25N5O2. The van der Waals surface area contributed by atoms with E-state index in [0.717, 1.165) is 25.3 Å². The highest BCUT2D eigenvalue weighted by molar-refractivity contribution is 5.77. The first-order valence-electron chi connectivity index (χ1n) is 9.24. The molecule has 0 aliphatic carbocycles. The van der Waals surface area contributed by atoms with Crippen molar-refractivity contribution in [2.75, 3.05) is 19.6 Å². The lowest BCUT2D eigenvalue weighted by Crippen LogP contribution is -2.51. The number of hydrogen-bond acceptors (Lipinski definition) is 5. The highest BCUT2D eigenvalue weighted by Gasteiger charge is 2.37. The molecule has 1 aromatic heterocycles. The van der Waals surface area contributed by atoms with Crippen LogP contribution in [0.25, 0.3) is 0 Å². The van der Waals surface area contributed by atoms with Gasteiger partial charge in [-0.15, -0.1) is 0 Å². The predicted octanol–water partition coefficient (Wildman–Crippen LogP) is 1.04. The number of fused-ring (bicyclic) bond motifs is 1. The molecule has 2 aliphatic rings. The van der Waals surface area contributed by atoms with Crippen molar-refractivity contribution in [2.24, 2.45) is 0 Å². The van der Waals surface area contributed by atoms with Gasteiger partial charge < -0.3 is 10.0 Å². The van der Waals surface area contributed by atoms with Gasteiger partial charge >= 0.3 is 0 Å². The van der Waals surface area contributed by atoms with Gasteiger partial charge in [-0.3, -0.25) is 9.69 Å². The topological polar surface area (TPSA) is 74.5 Å². The maximum absolute atomic E-state index is 12.8. The van der Waals surface area contributed by atoms with E-state index in [4.69, 9.17) is 0 Å². The van der Waals surface area contributed by atoms with Crippen LogP contribution in [0.5, 0.6) is 0 Å². The lowest BCUT2D eigenvalue weighted by molar-refractivity contribution is -0.140. The van der Waals surface area contributed by atoms with Crippen LogP contribution < -0.4 is 0 Å². The van der Waals surface area contributed by atoms with Crippen LogP contribution in [-0.4, -0.2) is 60.8 Å². The summed E-state index contributed by atoms with van der Waals surface area (Å²) in [6.07, 6.45) is 3.28. The molecule has 0 spiro atoms. The molecule has 0 saturated carbocycles. The van der Waals surface area contributed by atoms with Gasteiger partial charge in [0.25, 0.3) is 0 Å². The van der Waals surface area contributed by atoms with Crippen molar-refractivity contribution in [1.82, 2.24) is 24.6 Å². The monoisotopic (exact) mass is 355 g/mol. The SMILES string of the molecule is O=C(CC1(O)CCCN(Cc2ccccc2)C1)N1CCn2ncnc2C1. The van der Waals surface area contributed by atoms with Crippen LogP contribution in [0.3, 0.4) is 0 Å². The zero-order valence-electron chi connectivity index (χ0n) is 14.9. The number of aromatic nitrogens is 3. The van der Waals surface area contributed by atoms with E-state index in [1.54, 1.807) is 4.90 Å². The van der Waals surface area contributed by atoms with E-state index in [1.165, 1.54) is 11.9 Å². The summed E-state index contributed by atoms with van der Waals surface area (Å²) in [6.45, 7) is 4.07. The van der Waals surface area contributed by atoms with Crippen molar-refractivity contribution in [2.45, 2.75) is 44.5 Å². The molecule has 26 heavy (non-hydrogen) atoms. The Morgan fingerprint density at radius 1 is 1.19 bits per heavy atom. The molecule has 1 amide bonds. The molecule has 1 saturated heterocycles. The van der Waals surface area contributed by atoms with E-state index in [2.05, 4.69) is 27.1 Å². The second-order valence-electron chi connectivity index (χ2n) is 7.42. The number of nitrogens with zero attached hydrogens (tertiary/aromatic N) is 5. The van der Waals surface area contributed by atoms with Gasteiger partial charge in [0.15, 0.2) is 0 Å². The Bertz CT molecular complexity index is 762. The number of benzene rings is 1. The molecule has 1 fully saturated rings. The van der Waals surface area contributed by atoms with Crippen LogP contribution in [0, 0.1) is 0 Å². The Hall–Kier alpha value is -2.25. The summed E-state index contributed by atoms with van der Waals surface area (Å²) in [5, 5.41) is 15.2. The molecule has 1 atom stereocenters. The lowest BCUT2D eigenvalue weighted by Gasteiger charge is -2.40. The molecule has 2 aromatic rings. The fourth-order valence-electron chi connectivity index (χ4n) is 4.00. The minimum absolute atomic E-state index is 0.00307. The second-order valence-corrected chi connectivity index (χ2v) is 7.42. The van der Waals surface area contributed by atoms with Crippen LogP contribution in [0.2, 0.25) is 0 Å². The van der Waals surface area contributed by atoms with Crippen LogP contribution >= 0.6 is 0 Å². The number of rotatable bonds is 4. The van der Waals surface area contributed by atoms with Crippen molar-refractivity contribution in [3.8, 4) is 0 Å². The minimum Gasteiger partial charge on any atom is -0.388 e. The van der Waals surface area contributed by atoms with Gasteiger partial charge in [0, 0.05) is 19.6 Å². The van der Waals surface area contributed by atoms with Crippen LogP contribution in [0.4, 0.5) is 0 Å². The first kappa shape index (κ1) is 17.2. The van der Waals surface area contributed by atoms with Gasteiger partial charge in [0.1, 0.15) is 12.2 Å². The fourth-order valence-corrected chi connectivity index (χ4v) is 4.00. The number of piperidine rings is 1. The summed E-state index contributed by atoms with van der Waals surface area (Å²) < 4.78 is 1.83. The summed E-state index contributed by atoms with van der Waals surface area (Å²) in [6, 6.07) is 10.3. The van der Waals surface area contributed by atoms with Gasteiger partial charge in [-0.25, -0.2) is 9.67 Å². The number of aliphatic hydroxyl groups is 1. The first-order valence-corrected chi connectivity index (χ1v) is 9.24. The Kier molecular flexibility index (Phi) is 4.74. The normalized spacial score (nSPS) is 23.7. The van der Waals surface area contributed by atoms with Crippen LogP contribution in [0.1, 0.15) is 30.7 Å². The van der Waals surface area contributed by atoms with Crippen LogP contribution in [-0.2, 0) is 24.4 Å². The van der Waals surface area contributed by atoms with Gasteiger partial charge in [-0.2, -0.15) is 5.10 Å². The largest absolute Gasteiger partial charge is 0.388 e. The number of likely N-dealkylation sites (tertiary alicyclic amines) is 1. The number of carbonyl (C=O) groups excluding carboxylic acids is 1. The number of carbonyl (C=O) groups is 1. The third-order valence-corrected chi connectivity index (χ3v) is 5.33. The van der Waals surface area contributed by atoms with E-state index in [0.29, 0.717) is 32.6 Å². The van der Waals surface area contributed by atoms with E-state index >= 15 is 0 Å². The van der Waals surface area contributed by atoms with Crippen molar-refractivity contribution < 1.29 is 9.90 Å². The first-order chi connectivity index (χ1) is 12.6. The fraction of sp³-hybridized carbons (Fsp3) is 0.526. The highest BCUT2D eigenvalue weighted by Crippen LogP contribution is 2.27. The molecular weight excluding hydrogens is 330 g/mol. The second kappa shape index (κ2) is 7.17. The van der Waals surface area contributed by atoms with Gasteiger partial charge in [-0.05, 0) is 24.9 Å². The molecule has 7 heteroatoms.